The van der Waals surface area contributed by atoms with Crippen molar-refractivity contribution in [1.29, 1.82) is 0 Å². The zero-order chi connectivity index (χ0) is 13.6. The lowest BCUT2D eigenvalue weighted by molar-refractivity contribution is 0.281. The number of hydrogen-bond donors (Lipinski definition) is 0. The molecule has 1 rings (SSSR count). The van der Waals surface area contributed by atoms with Crippen LogP contribution in [0.2, 0.25) is 0 Å². The molecule has 0 aromatic rings. The predicted octanol–water partition coefficient (Wildman–Crippen LogP) is 5.05. The smallest absolute Gasteiger partial charge is 0.180 e. The van der Waals surface area contributed by atoms with E-state index >= 15 is 0 Å². The molecule has 1 aliphatic rings. The summed E-state index contributed by atoms with van der Waals surface area (Å²) in [7, 11) is 1.64. The molecule has 1 nitrogen and oxygen atoms in total. The summed E-state index contributed by atoms with van der Waals surface area (Å²) in [4.78, 5) is 0. The van der Waals surface area contributed by atoms with Crippen molar-refractivity contribution in [2.24, 2.45) is 0 Å². The van der Waals surface area contributed by atoms with Crippen molar-refractivity contribution in [2.75, 3.05) is 7.11 Å². The third-order valence-corrected chi connectivity index (χ3v) is 3.05. The molecule has 0 aromatic heterocycles. The lowest BCUT2D eigenvalue weighted by Gasteiger charge is -2.13. The van der Waals surface area contributed by atoms with E-state index in [2.05, 4.69) is 6.92 Å². The van der Waals surface area contributed by atoms with Gasteiger partial charge in [0.05, 0.1) is 7.11 Å². The summed E-state index contributed by atoms with van der Waals surface area (Å²) in [5.74, 6) is 0.809. The predicted molar refractivity (Wildman–Crippen MR) is 75.3 cm³/mol. The Bertz CT molecular complexity index is 397. The van der Waals surface area contributed by atoms with Crippen molar-refractivity contribution < 1.29 is 9.13 Å². The first-order valence-corrected chi connectivity index (χ1v) is 6.48. The molecule has 3 heteroatoms. The Morgan fingerprint density at radius 3 is 2.67 bits per heavy atom. The molecule has 0 N–H and O–H groups in total. The summed E-state index contributed by atoms with van der Waals surface area (Å²) in [5.41, 5.74) is 2.38. The van der Waals surface area contributed by atoms with E-state index in [1.54, 1.807) is 7.11 Å². The van der Waals surface area contributed by atoms with Crippen molar-refractivity contribution in [3.8, 4) is 0 Å². The zero-order valence-electron chi connectivity index (χ0n) is 11.2. The number of allylic oxidation sites excluding steroid dienone is 7. The summed E-state index contributed by atoms with van der Waals surface area (Å²) in [5, 5.41) is -1.60. The van der Waals surface area contributed by atoms with Crippen LogP contribution in [0.4, 0.5) is 4.39 Å². The van der Waals surface area contributed by atoms with Gasteiger partial charge in [0.15, 0.2) is 5.13 Å². The molecule has 0 amide bonds. The first-order chi connectivity index (χ1) is 8.42. The minimum atomic E-state index is -1.60. The lowest BCUT2D eigenvalue weighted by atomic mass is 9.98. The highest BCUT2D eigenvalue weighted by Crippen LogP contribution is 2.26. The van der Waals surface area contributed by atoms with Crippen molar-refractivity contribution >= 4 is 11.6 Å². The standard InChI is InChI=1S/C15H20ClFO/c1-12-6-4-8-14(18-3)10-9-13(12)7-5-11-15(2,16)17/h4,6,8-10H,5,7,11H2,1-3H3/b6-4?,8-4-,10-9?,12-6-,13-9-,13-12?,14-8?,14-10+. The Kier molecular flexibility index (Phi) is 5.67. The minimum Gasteiger partial charge on any atom is -0.497 e. The average Bonchev–Trinajstić information content (AvgIpc) is 2.26. The maximum atomic E-state index is 13.2. The van der Waals surface area contributed by atoms with E-state index in [-0.39, 0.29) is 0 Å². The molecular weight excluding hydrogens is 251 g/mol. The number of ether oxygens (including phenoxy) is 1. The van der Waals surface area contributed by atoms with Crippen molar-refractivity contribution in [2.45, 2.75) is 38.2 Å². The number of rotatable bonds is 5. The Hall–Kier alpha value is -1.02. The zero-order valence-corrected chi connectivity index (χ0v) is 11.9. The maximum Gasteiger partial charge on any atom is 0.180 e. The second kappa shape index (κ2) is 6.79. The Balaban J connectivity index is 2.67. The van der Waals surface area contributed by atoms with E-state index in [9.17, 15) is 4.39 Å². The third kappa shape index (κ3) is 5.54. The van der Waals surface area contributed by atoms with Crippen LogP contribution in [0.1, 0.15) is 33.1 Å². The van der Waals surface area contributed by atoms with Gasteiger partial charge < -0.3 is 4.74 Å². The summed E-state index contributed by atoms with van der Waals surface area (Å²) < 4.78 is 18.4. The molecular formula is C15H20ClFO. The van der Waals surface area contributed by atoms with Gasteiger partial charge in [-0.3, -0.25) is 0 Å². The summed E-state index contributed by atoms with van der Waals surface area (Å²) in [6, 6.07) is 0. The van der Waals surface area contributed by atoms with E-state index in [4.69, 9.17) is 16.3 Å². The molecule has 18 heavy (non-hydrogen) atoms. The van der Waals surface area contributed by atoms with Gasteiger partial charge in [0.1, 0.15) is 5.76 Å². The quantitative estimate of drug-likeness (QED) is 0.635. The fraction of sp³-hybridized carbons (Fsp3) is 0.467. The van der Waals surface area contributed by atoms with Gasteiger partial charge in [0, 0.05) is 0 Å². The summed E-state index contributed by atoms with van der Waals surface area (Å²) in [6.07, 6.45) is 11.8. The van der Waals surface area contributed by atoms with Gasteiger partial charge in [-0.1, -0.05) is 29.8 Å². The summed E-state index contributed by atoms with van der Waals surface area (Å²) in [6.45, 7) is 3.45. The Morgan fingerprint density at radius 1 is 1.33 bits per heavy atom. The molecule has 0 saturated heterocycles. The molecule has 0 fully saturated rings. The van der Waals surface area contributed by atoms with E-state index in [1.807, 2.05) is 30.4 Å². The molecule has 1 aliphatic carbocycles. The van der Waals surface area contributed by atoms with Gasteiger partial charge >= 0.3 is 0 Å². The molecule has 0 bridgehead atoms. The van der Waals surface area contributed by atoms with Crippen LogP contribution in [0.3, 0.4) is 0 Å². The normalized spacial score (nSPS) is 29.5. The van der Waals surface area contributed by atoms with Crippen molar-refractivity contribution in [3.05, 3.63) is 47.3 Å². The molecule has 0 aromatic carbocycles. The Morgan fingerprint density at radius 2 is 2.06 bits per heavy atom. The van der Waals surface area contributed by atoms with Gasteiger partial charge in [-0.15, -0.1) is 0 Å². The second-order valence-corrected chi connectivity index (χ2v) is 5.39. The first kappa shape index (κ1) is 15.0. The van der Waals surface area contributed by atoms with Crippen molar-refractivity contribution in [1.82, 2.24) is 0 Å². The van der Waals surface area contributed by atoms with Crippen LogP contribution in [-0.2, 0) is 4.74 Å². The molecule has 0 aliphatic heterocycles. The Labute approximate surface area is 114 Å². The highest BCUT2D eigenvalue weighted by atomic mass is 35.5. The van der Waals surface area contributed by atoms with Crippen LogP contribution in [0.25, 0.3) is 0 Å². The second-order valence-electron chi connectivity index (χ2n) is 4.60. The summed E-state index contributed by atoms with van der Waals surface area (Å²) >= 11 is 5.55. The number of halogens is 2. The van der Waals surface area contributed by atoms with E-state index < -0.39 is 5.13 Å². The van der Waals surface area contributed by atoms with Crippen LogP contribution >= 0.6 is 11.6 Å². The number of alkyl halides is 2. The maximum absolute atomic E-state index is 13.2. The lowest BCUT2D eigenvalue weighted by Crippen LogP contribution is -2.07. The van der Waals surface area contributed by atoms with E-state index in [1.165, 1.54) is 18.1 Å². The third-order valence-electron chi connectivity index (χ3n) is 2.86. The van der Waals surface area contributed by atoms with Crippen LogP contribution in [-0.4, -0.2) is 12.2 Å². The van der Waals surface area contributed by atoms with Gasteiger partial charge in [0.2, 0.25) is 0 Å². The highest BCUT2D eigenvalue weighted by Gasteiger charge is 2.17. The van der Waals surface area contributed by atoms with Gasteiger partial charge in [-0.2, -0.15) is 0 Å². The minimum absolute atomic E-state index is 0.357. The molecule has 0 radical (unpaired) electrons. The largest absolute Gasteiger partial charge is 0.497 e. The first-order valence-electron chi connectivity index (χ1n) is 6.10. The number of hydrogen-bond acceptors (Lipinski definition) is 1. The van der Waals surface area contributed by atoms with Crippen LogP contribution in [0.5, 0.6) is 0 Å². The molecule has 1 unspecified atom stereocenters. The fourth-order valence-electron chi connectivity index (χ4n) is 1.77. The fourth-order valence-corrected chi connectivity index (χ4v) is 1.90. The monoisotopic (exact) mass is 270 g/mol. The van der Waals surface area contributed by atoms with E-state index in [0.29, 0.717) is 6.42 Å². The topological polar surface area (TPSA) is 9.23 Å². The highest BCUT2D eigenvalue weighted by molar-refractivity contribution is 6.22. The number of methoxy groups -OCH3 is 1. The van der Waals surface area contributed by atoms with Crippen LogP contribution < -0.4 is 0 Å². The van der Waals surface area contributed by atoms with Crippen LogP contribution in [0, 0.1) is 0 Å². The van der Waals surface area contributed by atoms with E-state index in [0.717, 1.165) is 18.6 Å². The molecule has 1 atom stereocenters. The van der Waals surface area contributed by atoms with Gasteiger partial charge in [-0.05, 0) is 56.4 Å². The molecule has 0 heterocycles. The van der Waals surface area contributed by atoms with Gasteiger partial charge in [-0.25, -0.2) is 4.39 Å². The van der Waals surface area contributed by atoms with Gasteiger partial charge in [0.25, 0.3) is 0 Å². The SMILES string of the molecule is COC1=C/C=C(CCCC(C)(F)Cl)\C(C)=C/C=C\1. The van der Waals surface area contributed by atoms with Crippen LogP contribution in [0.15, 0.2) is 47.3 Å². The molecule has 100 valence electrons. The molecule has 0 saturated carbocycles. The van der Waals surface area contributed by atoms with Crippen molar-refractivity contribution in [3.63, 3.8) is 0 Å². The average molecular weight is 271 g/mol. The molecule has 0 spiro atoms.